The summed E-state index contributed by atoms with van der Waals surface area (Å²) in [6.07, 6.45) is 3.52. The van der Waals surface area contributed by atoms with E-state index in [1.165, 1.54) is 28.7 Å². The molecule has 3 aromatic rings. The van der Waals surface area contributed by atoms with Gasteiger partial charge >= 0.3 is 0 Å². The van der Waals surface area contributed by atoms with Crippen LogP contribution >= 0.6 is 34.4 Å². The molecule has 0 saturated carbocycles. The lowest BCUT2D eigenvalue weighted by atomic mass is 10.2. The highest BCUT2D eigenvalue weighted by Crippen LogP contribution is 2.33. The smallest absolute Gasteiger partial charge is 0.197 e. The number of ketones is 2. The van der Waals surface area contributed by atoms with E-state index in [4.69, 9.17) is 0 Å². The first-order chi connectivity index (χ1) is 13.7. The van der Waals surface area contributed by atoms with Crippen LogP contribution in [-0.4, -0.2) is 27.0 Å². The predicted molar refractivity (Wildman–Crippen MR) is 117 cm³/mol. The van der Waals surface area contributed by atoms with Gasteiger partial charge in [-0.1, -0.05) is 54.2 Å². The average Bonchev–Trinajstić information content (AvgIpc) is 3.48. The molecule has 1 aliphatic heterocycles. The maximum absolute atomic E-state index is 12.6. The van der Waals surface area contributed by atoms with Crippen molar-refractivity contribution < 1.29 is 9.59 Å². The number of thiophene rings is 2. The van der Waals surface area contributed by atoms with Gasteiger partial charge < -0.3 is 0 Å². The minimum atomic E-state index is -0.183. The zero-order chi connectivity index (χ0) is 19.3. The summed E-state index contributed by atoms with van der Waals surface area (Å²) in [4.78, 5) is 26.3. The number of hydrogen-bond acceptors (Lipinski definition) is 7. The molecule has 0 radical (unpaired) electrons. The van der Waals surface area contributed by atoms with Crippen molar-refractivity contribution in [2.45, 2.75) is 11.8 Å². The number of benzene rings is 1. The van der Waals surface area contributed by atoms with E-state index in [0.717, 1.165) is 15.5 Å². The van der Waals surface area contributed by atoms with E-state index in [1.807, 2.05) is 59.3 Å². The molecule has 1 unspecified atom stereocenters. The molecule has 1 atom stereocenters. The van der Waals surface area contributed by atoms with Crippen LogP contribution in [-0.2, 0) is 0 Å². The molecule has 1 aromatic carbocycles. The summed E-state index contributed by atoms with van der Waals surface area (Å²) in [5, 5.41) is 10.8. The van der Waals surface area contributed by atoms with Crippen LogP contribution < -0.4 is 0 Å². The SMILES string of the molecule is O=C(/C=C/N1N=C(c2ccccc2)SC1CC(=O)c1cccs1)c1cccs1. The van der Waals surface area contributed by atoms with Gasteiger partial charge in [-0.25, -0.2) is 0 Å². The molecule has 7 heteroatoms. The first-order valence-corrected chi connectivity index (χ1v) is 11.3. The normalized spacial score (nSPS) is 16.5. The summed E-state index contributed by atoms with van der Waals surface area (Å²) in [6.45, 7) is 0. The van der Waals surface area contributed by atoms with Crippen molar-refractivity contribution in [2.24, 2.45) is 5.10 Å². The maximum atomic E-state index is 12.6. The number of hydrazone groups is 1. The Kier molecular flexibility index (Phi) is 5.85. The van der Waals surface area contributed by atoms with Gasteiger partial charge in [0.05, 0.1) is 9.75 Å². The number of Topliss-reactive ketones (excluding diaryl/α,β-unsaturated/α-hetero) is 1. The summed E-state index contributed by atoms with van der Waals surface area (Å²) < 4.78 is 0. The molecule has 28 heavy (non-hydrogen) atoms. The molecule has 0 N–H and O–H groups in total. The van der Waals surface area contributed by atoms with Gasteiger partial charge in [-0.05, 0) is 22.9 Å². The number of hydrogen-bond donors (Lipinski definition) is 0. The van der Waals surface area contributed by atoms with Gasteiger partial charge in [-0.15, -0.1) is 22.7 Å². The van der Waals surface area contributed by atoms with E-state index in [9.17, 15) is 9.59 Å². The van der Waals surface area contributed by atoms with Crippen LogP contribution in [0.3, 0.4) is 0 Å². The van der Waals surface area contributed by atoms with Crippen molar-refractivity contribution in [3.8, 4) is 0 Å². The lowest BCUT2D eigenvalue weighted by Gasteiger charge is -2.17. The van der Waals surface area contributed by atoms with E-state index in [1.54, 1.807) is 29.0 Å². The molecule has 4 rings (SSSR count). The third-order valence-corrected chi connectivity index (χ3v) is 7.06. The fourth-order valence-corrected chi connectivity index (χ4v) is 5.14. The van der Waals surface area contributed by atoms with Crippen molar-refractivity contribution in [1.82, 2.24) is 5.01 Å². The molecular formula is C21H16N2O2S3. The third kappa shape index (κ3) is 4.32. The number of nitrogens with zero attached hydrogens (tertiary/aromatic N) is 2. The van der Waals surface area contributed by atoms with E-state index in [-0.39, 0.29) is 16.9 Å². The van der Waals surface area contributed by atoms with Crippen LogP contribution in [0.5, 0.6) is 0 Å². The van der Waals surface area contributed by atoms with E-state index < -0.39 is 0 Å². The number of thioether (sulfide) groups is 1. The molecule has 0 aliphatic carbocycles. The Hall–Kier alpha value is -2.48. The minimum absolute atomic E-state index is 0.0632. The highest BCUT2D eigenvalue weighted by atomic mass is 32.2. The fraction of sp³-hybridized carbons (Fsp3) is 0.0952. The first kappa shape index (κ1) is 18.9. The Morgan fingerprint density at radius 1 is 0.964 bits per heavy atom. The molecule has 0 spiro atoms. The Labute approximate surface area is 175 Å². The molecule has 0 bridgehead atoms. The topological polar surface area (TPSA) is 49.7 Å². The van der Waals surface area contributed by atoms with Crippen LogP contribution in [0.1, 0.15) is 31.3 Å². The lowest BCUT2D eigenvalue weighted by molar-refractivity contribution is 0.0971. The van der Waals surface area contributed by atoms with E-state index in [2.05, 4.69) is 5.10 Å². The molecule has 140 valence electrons. The number of carbonyl (C=O) groups is 2. The molecular weight excluding hydrogens is 408 g/mol. The zero-order valence-corrected chi connectivity index (χ0v) is 17.2. The fourth-order valence-electron chi connectivity index (χ4n) is 2.69. The predicted octanol–water partition coefficient (Wildman–Crippen LogP) is 5.52. The highest BCUT2D eigenvalue weighted by molar-refractivity contribution is 8.15. The highest BCUT2D eigenvalue weighted by Gasteiger charge is 2.29. The second-order valence-corrected chi connectivity index (χ2v) is 9.05. The van der Waals surface area contributed by atoms with Gasteiger partial charge in [0.25, 0.3) is 0 Å². The molecule has 3 heterocycles. The second-order valence-electron chi connectivity index (χ2n) is 5.99. The quantitative estimate of drug-likeness (QED) is 0.370. The maximum Gasteiger partial charge on any atom is 0.197 e. The van der Waals surface area contributed by atoms with Gasteiger partial charge in [0.15, 0.2) is 11.6 Å². The van der Waals surface area contributed by atoms with Gasteiger partial charge in [0.2, 0.25) is 0 Å². The van der Waals surface area contributed by atoms with E-state index >= 15 is 0 Å². The molecule has 4 nitrogen and oxygen atoms in total. The van der Waals surface area contributed by atoms with Crippen LogP contribution in [0.15, 0.2) is 82.7 Å². The molecule has 0 saturated heterocycles. The summed E-state index contributed by atoms with van der Waals surface area (Å²) >= 11 is 4.40. The molecule has 2 aromatic heterocycles. The summed E-state index contributed by atoms with van der Waals surface area (Å²) in [7, 11) is 0. The Morgan fingerprint density at radius 2 is 1.68 bits per heavy atom. The Balaban J connectivity index is 1.55. The van der Waals surface area contributed by atoms with Crippen LogP contribution in [0.4, 0.5) is 0 Å². The van der Waals surface area contributed by atoms with Crippen molar-refractivity contribution in [3.05, 3.63) is 93.0 Å². The van der Waals surface area contributed by atoms with Crippen molar-refractivity contribution >= 4 is 51.0 Å². The van der Waals surface area contributed by atoms with Crippen molar-refractivity contribution in [1.29, 1.82) is 0 Å². The molecule has 1 aliphatic rings. The summed E-state index contributed by atoms with van der Waals surface area (Å²) in [6, 6.07) is 17.2. The van der Waals surface area contributed by atoms with Crippen molar-refractivity contribution in [2.75, 3.05) is 0 Å². The van der Waals surface area contributed by atoms with Gasteiger partial charge in [-0.2, -0.15) is 5.10 Å². The molecule has 0 amide bonds. The van der Waals surface area contributed by atoms with Gasteiger partial charge in [0.1, 0.15) is 10.4 Å². The second kappa shape index (κ2) is 8.68. The number of rotatable bonds is 7. The van der Waals surface area contributed by atoms with E-state index in [0.29, 0.717) is 11.3 Å². The Morgan fingerprint density at radius 3 is 2.36 bits per heavy atom. The number of carbonyl (C=O) groups excluding carboxylic acids is 2. The zero-order valence-electron chi connectivity index (χ0n) is 14.7. The number of allylic oxidation sites excluding steroid dienone is 1. The van der Waals surface area contributed by atoms with Crippen LogP contribution in [0.2, 0.25) is 0 Å². The Bertz CT molecular complexity index is 1010. The van der Waals surface area contributed by atoms with Crippen LogP contribution in [0.25, 0.3) is 0 Å². The summed E-state index contributed by atoms with van der Waals surface area (Å²) in [5.41, 5.74) is 1.00. The monoisotopic (exact) mass is 424 g/mol. The van der Waals surface area contributed by atoms with Gasteiger partial charge in [-0.3, -0.25) is 14.6 Å². The average molecular weight is 425 g/mol. The lowest BCUT2D eigenvalue weighted by Crippen LogP contribution is -2.22. The standard InChI is InChI=1S/C21H16N2O2S3/c24-16(18-8-4-12-26-18)10-11-23-20(14-17(25)19-9-5-13-27-19)28-21(22-23)15-6-2-1-3-7-15/h1-13,20H,14H2/b11-10+. The molecule has 0 fully saturated rings. The third-order valence-electron chi connectivity index (χ3n) is 4.07. The largest absolute Gasteiger partial charge is 0.293 e. The van der Waals surface area contributed by atoms with Crippen LogP contribution in [0, 0.1) is 0 Å². The van der Waals surface area contributed by atoms with Gasteiger partial charge in [0, 0.05) is 24.3 Å². The first-order valence-electron chi connectivity index (χ1n) is 8.62. The van der Waals surface area contributed by atoms with Crippen molar-refractivity contribution in [3.63, 3.8) is 0 Å². The summed E-state index contributed by atoms with van der Waals surface area (Å²) in [5.74, 6) is 0.0201. The minimum Gasteiger partial charge on any atom is -0.293 e.